The molecule has 0 aliphatic rings. The molecule has 0 fully saturated rings. The molecule has 12 heteroatoms. The molecule has 0 saturated carbocycles. The molecule has 3 heterocycles. The number of aromatic nitrogens is 3. The van der Waals surface area contributed by atoms with E-state index in [4.69, 9.17) is 4.74 Å². The number of hydrogen-bond donors (Lipinski definition) is 2. The van der Waals surface area contributed by atoms with Gasteiger partial charge in [-0.05, 0) is 53.6 Å². The van der Waals surface area contributed by atoms with Crippen LogP contribution in [0.3, 0.4) is 0 Å². The molecule has 5 rings (SSSR count). The fourth-order valence-electron chi connectivity index (χ4n) is 4.00. The average Bonchev–Trinajstić information content (AvgIpc) is 2.92. The van der Waals surface area contributed by atoms with Gasteiger partial charge in [-0.1, -0.05) is 24.8 Å². The number of pyridine rings is 3. The number of hydrogen-bond acceptors (Lipinski definition) is 7. The second-order valence-corrected chi connectivity index (χ2v) is 10.3. The zero-order chi connectivity index (χ0) is 27.7. The number of carbonyl (C=O) groups excluding carboxylic acids is 1. The summed E-state index contributed by atoms with van der Waals surface area (Å²) in [7, 11) is -3.13. The van der Waals surface area contributed by atoms with Crippen LogP contribution in [0.25, 0.3) is 33.2 Å². The van der Waals surface area contributed by atoms with Crippen molar-refractivity contribution in [3.8, 4) is 28.1 Å². The van der Waals surface area contributed by atoms with Crippen molar-refractivity contribution >= 4 is 44.4 Å². The second kappa shape index (κ2) is 10.4. The summed E-state index contributed by atoms with van der Waals surface area (Å²) in [6.07, 6.45) is 4.73. The molecular formula is C27H18F2N4O4S2. The maximum atomic E-state index is 14.2. The van der Waals surface area contributed by atoms with E-state index in [-0.39, 0.29) is 17.3 Å². The molecule has 0 spiro atoms. The van der Waals surface area contributed by atoms with Crippen molar-refractivity contribution < 1.29 is 26.7 Å². The lowest BCUT2D eigenvalue weighted by Crippen LogP contribution is -2.15. The van der Waals surface area contributed by atoms with E-state index >= 15 is 0 Å². The van der Waals surface area contributed by atoms with Gasteiger partial charge in [-0.25, -0.2) is 22.2 Å². The molecule has 2 aromatic carbocycles. The highest BCUT2D eigenvalue weighted by atomic mass is 32.2. The Balaban J connectivity index is 1.56. The first-order valence-electron chi connectivity index (χ1n) is 11.3. The molecule has 0 radical (unpaired) electrons. The second-order valence-electron chi connectivity index (χ2n) is 8.29. The summed E-state index contributed by atoms with van der Waals surface area (Å²) in [6, 6.07) is 14.3. The van der Waals surface area contributed by atoms with Crippen LogP contribution >= 0.6 is 12.6 Å². The van der Waals surface area contributed by atoms with E-state index in [1.807, 2.05) is 12.1 Å². The van der Waals surface area contributed by atoms with Gasteiger partial charge in [0.05, 0.1) is 12.6 Å². The number of methoxy groups -OCH3 is 1. The molecule has 8 nitrogen and oxygen atoms in total. The van der Waals surface area contributed by atoms with Crippen molar-refractivity contribution in [1.29, 1.82) is 0 Å². The van der Waals surface area contributed by atoms with E-state index in [2.05, 4.69) is 32.3 Å². The third-order valence-corrected chi connectivity index (χ3v) is 7.47. The minimum absolute atomic E-state index is 0.0403. The highest BCUT2D eigenvalue weighted by Gasteiger charge is 2.22. The van der Waals surface area contributed by atoms with E-state index in [1.54, 1.807) is 36.7 Å². The van der Waals surface area contributed by atoms with Gasteiger partial charge in [-0.2, -0.15) is 0 Å². The van der Waals surface area contributed by atoms with Crippen molar-refractivity contribution in [2.24, 2.45) is 0 Å². The Bertz CT molecular complexity index is 1850. The number of thiol groups is 1. The number of halogens is 2. The van der Waals surface area contributed by atoms with Gasteiger partial charge in [-0.3, -0.25) is 19.5 Å². The number of benzene rings is 2. The Morgan fingerprint density at radius 2 is 1.67 bits per heavy atom. The summed E-state index contributed by atoms with van der Waals surface area (Å²) in [4.78, 5) is 23.5. The fourth-order valence-corrected chi connectivity index (χ4v) is 5.24. The normalized spacial score (nSPS) is 11.4. The molecule has 196 valence electrons. The van der Waals surface area contributed by atoms with Crippen molar-refractivity contribution in [3.63, 3.8) is 0 Å². The molecule has 3 aromatic heterocycles. The van der Waals surface area contributed by atoms with Crippen molar-refractivity contribution in [1.82, 2.24) is 15.0 Å². The number of rotatable bonds is 7. The summed E-state index contributed by atoms with van der Waals surface area (Å²) in [5, 5.41) is 0.331. The van der Waals surface area contributed by atoms with E-state index in [9.17, 15) is 22.0 Å². The van der Waals surface area contributed by atoms with Gasteiger partial charge in [0, 0.05) is 41.2 Å². The van der Waals surface area contributed by atoms with Crippen LogP contribution in [0.2, 0.25) is 0 Å². The SMILES string of the molecule is COc1ncc(-c2ccc3nccc(-c4ccc(C(=O)S)nc4)c3c2)cc1NS(=O)(=O)c1ccc(F)cc1F. The Morgan fingerprint density at radius 3 is 2.36 bits per heavy atom. The molecular weight excluding hydrogens is 546 g/mol. The molecule has 39 heavy (non-hydrogen) atoms. The predicted molar refractivity (Wildman–Crippen MR) is 145 cm³/mol. The number of nitrogens with zero attached hydrogens (tertiary/aromatic N) is 3. The molecule has 0 unspecified atom stereocenters. The maximum absolute atomic E-state index is 14.2. The van der Waals surface area contributed by atoms with E-state index < -0.39 is 31.7 Å². The zero-order valence-electron chi connectivity index (χ0n) is 20.1. The molecule has 5 aromatic rings. The quantitative estimate of drug-likeness (QED) is 0.251. The standard InChI is InChI=1S/C27H18F2N4O4S2/c1-37-26-24(33-39(35,36)25-7-4-18(28)12-21(25)29)11-17(14-32-26)15-2-5-22-20(10-15)19(8-9-30-22)16-3-6-23(27(34)38)31-13-16/h2-14,33H,1H3,(H,34,38). The highest BCUT2D eigenvalue weighted by Crippen LogP contribution is 2.34. The van der Waals surface area contributed by atoms with Crippen LogP contribution in [0.1, 0.15) is 10.5 Å². The lowest BCUT2D eigenvalue weighted by Gasteiger charge is -2.14. The fraction of sp³-hybridized carbons (Fsp3) is 0.0370. The highest BCUT2D eigenvalue weighted by molar-refractivity contribution is 7.97. The predicted octanol–water partition coefficient (Wildman–Crippen LogP) is 5.52. The number of carbonyl (C=O) groups is 1. The van der Waals surface area contributed by atoms with E-state index in [0.29, 0.717) is 22.7 Å². The maximum Gasteiger partial charge on any atom is 0.264 e. The smallest absolute Gasteiger partial charge is 0.264 e. The average molecular weight is 565 g/mol. The van der Waals surface area contributed by atoms with Gasteiger partial charge in [0.1, 0.15) is 27.9 Å². The number of anilines is 1. The largest absolute Gasteiger partial charge is 0.480 e. The van der Waals surface area contributed by atoms with Crippen LogP contribution in [0, 0.1) is 11.6 Å². The van der Waals surface area contributed by atoms with Crippen LogP contribution in [-0.2, 0) is 10.0 Å². The van der Waals surface area contributed by atoms with Crippen LogP contribution in [-0.4, -0.2) is 35.6 Å². The van der Waals surface area contributed by atoms with Gasteiger partial charge in [0.15, 0.2) is 0 Å². The van der Waals surface area contributed by atoms with E-state index in [1.165, 1.54) is 19.4 Å². The third kappa shape index (κ3) is 5.29. The monoisotopic (exact) mass is 564 g/mol. The number of ether oxygens (including phenoxy) is 1. The van der Waals surface area contributed by atoms with Crippen molar-refractivity contribution in [2.45, 2.75) is 4.90 Å². The van der Waals surface area contributed by atoms with Crippen LogP contribution in [0.15, 0.2) is 84.1 Å². The van der Waals surface area contributed by atoms with Crippen LogP contribution < -0.4 is 9.46 Å². The van der Waals surface area contributed by atoms with Crippen molar-refractivity contribution in [3.05, 3.63) is 96.6 Å². The number of nitrogens with one attached hydrogen (secondary N) is 1. The Morgan fingerprint density at radius 1 is 0.897 bits per heavy atom. The summed E-state index contributed by atoms with van der Waals surface area (Å²) in [5.41, 5.74) is 3.64. The summed E-state index contributed by atoms with van der Waals surface area (Å²) in [5.74, 6) is -2.18. The van der Waals surface area contributed by atoms with Crippen LogP contribution in [0.5, 0.6) is 5.88 Å². The minimum atomic E-state index is -4.44. The Hall–Kier alpha value is -4.42. The summed E-state index contributed by atoms with van der Waals surface area (Å²) in [6.45, 7) is 0. The number of sulfonamides is 1. The van der Waals surface area contributed by atoms with Crippen molar-refractivity contribution in [2.75, 3.05) is 11.8 Å². The lowest BCUT2D eigenvalue weighted by atomic mass is 9.98. The lowest BCUT2D eigenvalue weighted by molar-refractivity contribution is 0.108. The van der Waals surface area contributed by atoms with Gasteiger partial charge >= 0.3 is 0 Å². The summed E-state index contributed by atoms with van der Waals surface area (Å²) < 4.78 is 60.8. The number of fused-ring (bicyclic) bond motifs is 1. The third-order valence-electron chi connectivity index (χ3n) is 5.84. The van der Waals surface area contributed by atoms with E-state index in [0.717, 1.165) is 28.6 Å². The molecule has 0 atom stereocenters. The molecule has 0 aliphatic carbocycles. The first kappa shape index (κ1) is 26.2. The summed E-state index contributed by atoms with van der Waals surface area (Å²) >= 11 is 3.80. The Kier molecular flexibility index (Phi) is 6.98. The molecule has 0 saturated heterocycles. The molecule has 0 amide bonds. The molecule has 1 N–H and O–H groups in total. The van der Waals surface area contributed by atoms with Crippen LogP contribution in [0.4, 0.5) is 14.5 Å². The minimum Gasteiger partial charge on any atom is -0.480 e. The van der Waals surface area contributed by atoms with Gasteiger partial charge < -0.3 is 4.74 Å². The van der Waals surface area contributed by atoms with Gasteiger partial charge in [0.25, 0.3) is 10.0 Å². The first-order chi connectivity index (χ1) is 18.7. The van der Waals surface area contributed by atoms with Gasteiger partial charge in [0.2, 0.25) is 11.0 Å². The Labute approximate surface area is 227 Å². The first-order valence-corrected chi connectivity index (χ1v) is 13.2. The topological polar surface area (TPSA) is 111 Å². The zero-order valence-corrected chi connectivity index (χ0v) is 21.8. The molecule has 0 bridgehead atoms. The van der Waals surface area contributed by atoms with Gasteiger partial charge in [-0.15, -0.1) is 0 Å². The molecule has 0 aliphatic heterocycles.